The van der Waals surface area contributed by atoms with Crippen molar-refractivity contribution in [1.29, 1.82) is 0 Å². The molecule has 0 saturated carbocycles. The van der Waals surface area contributed by atoms with Gasteiger partial charge < -0.3 is 15.0 Å². The number of imidazole rings is 1. The van der Waals surface area contributed by atoms with Crippen LogP contribution in [0.4, 0.5) is 5.69 Å². The van der Waals surface area contributed by atoms with E-state index < -0.39 is 5.97 Å². The molecule has 1 aliphatic heterocycles. The summed E-state index contributed by atoms with van der Waals surface area (Å²) in [7, 11) is 1.33. The number of halogens is 1. The number of methoxy groups -OCH3 is 1. The number of carbonyl (C=O) groups is 2. The van der Waals surface area contributed by atoms with Crippen LogP contribution in [-0.4, -0.2) is 53.5 Å². The zero-order valence-electron chi connectivity index (χ0n) is 16.7. The number of rotatable bonds is 5. The van der Waals surface area contributed by atoms with Crippen LogP contribution in [0.2, 0.25) is 5.02 Å². The Kier molecular flexibility index (Phi) is 6.01. The minimum absolute atomic E-state index is 0.103. The fraction of sp³-hybridized carbons (Fsp3) is 0.318. The lowest BCUT2D eigenvalue weighted by atomic mass is 9.96. The van der Waals surface area contributed by atoms with Gasteiger partial charge in [-0.15, -0.1) is 0 Å². The first-order chi connectivity index (χ1) is 14.5. The Bertz CT molecular complexity index is 1070. The van der Waals surface area contributed by atoms with E-state index in [2.05, 4.69) is 15.2 Å². The van der Waals surface area contributed by atoms with E-state index in [1.807, 2.05) is 18.2 Å². The Hall–Kier alpha value is -2.90. The highest BCUT2D eigenvalue weighted by Gasteiger charge is 2.24. The fourth-order valence-electron chi connectivity index (χ4n) is 3.80. The highest BCUT2D eigenvalue weighted by molar-refractivity contribution is 6.31. The maximum absolute atomic E-state index is 12.4. The normalized spacial score (nSPS) is 15.3. The van der Waals surface area contributed by atoms with Crippen LogP contribution >= 0.6 is 11.6 Å². The predicted octanol–water partition coefficient (Wildman–Crippen LogP) is 3.82. The number of amides is 1. The van der Waals surface area contributed by atoms with Crippen molar-refractivity contribution >= 4 is 40.2 Å². The van der Waals surface area contributed by atoms with E-state index in [9.17, 15) is 9.59 Å². The molecule has 7 nitrogen and oxygen atoms in total. The van der Waals surface area contributed by atoms with Crippen molar-refractivity contribution in [1.82, 2.24) is 14.9 Å². The van der Waals surface area contributed by atoms with Gasteiger partial charge in [-0.2, -0.15) is 0 Å². The number of fused-ring (bicyclic) bond motifs is 1. The van der Waals surface area contributed by atoms with Crippen molar-refractivity contribution in [2.75, 3.05) is 32.1 Å². The van der Waals surface area contributed by atoms with Gasteiger partial charge in [-0.25, -0.2) is 9.78 Å². The Morgan fingerprint density at radius 3 is 2.80 bits per heavy atom. The van der Waals surface area contributed by atoms with Crippen molar-refractivity contribution in [2.24, 2.45) is 0 Å². The molecule has 2 N–H and O–H groups in total. The van der Waals surface area contributed by atoms with Gasteiger partial charge in [0.25, 0.3) is 0 Å². The van der Waals surface area contributed by atoms with E-state index in [0.717, 1.165) is 42.8 Å². The van der Waals surface area contributed by atoms with E-state index >= 15 is 0 Å². The molecule has 4 rings (SSSR count). The molecule has 1 amide bonds. The molecule has 30 heavy (non-hydrogen) atoms. The number of anilines is 1. The SMILES string of the molecule is COC(=O)c1cccc(NC(=O)CN2CCC(c3nc4ccc(Cl)cc4[nH]3)CC2)c1. The monoisotopic (exact) mass is 426 g/mol. The molecule has 156 valence electrons. The number of hydrogen-bond acceptors (Lipinski definition) is 5. The van der Waals surface area contributed by atoms with Crippen LogP contribution < -0.4 is 5.32 Å². The lowest BCUT2D eigenvalue weighted by molar-refractivity contribution is -0.117. The third-order valence-corrected chi connectivity index (χ3v) is 5.61. The van der Waals surface area contributed by atoms with Gasteiger partial charge in [0.15, 0.2) is 0 Å². The van der Waals surface area contributed by atoms with Gasteiger partial charge in [0.2, 0.25) is 5.91 Å². The van der Waals surface area contributed by atoms with Crippen LogP contribution in [0, 0.1) is 0 Å². The minimum atomic E-state index is -0.430. The number of H-pyrrole nitrogens is 1. The summed E-state index contributed by atoms with van der Waals surface area (Å²) in [6, 6.07) is 12.4. The molecule has 1 saturated heterocycles. The quantitative estimate of drug-likeness (QED) is 0.605. The summed E-state index contributed by atoms with van der Waals surface area (Å²) in [5.74, 6) is 0.790. The van der Waals surface area contributed by atoms with Crippen LogP contribution in [0.1, 0.15) is 34.9 Å². The van der Waals surface area contributed by atoms with E-state index in [0.29, 0.717) is 28.7 Å². The summed E-state index contributed by atoms with van der Waals surface area (Å²) in [5, 5.41) is 3.55. The maximum atomic E-state index is 12.4. The molecule has 1 aliphatic rings. The molecule has 0 atom stereocenters. The molecule has 3 aromatic rings. The summed E-state index contributed by atoms with van der Waals surface area (Å²) < 4.78 is 4.72. The molecule has 1 fully saturated rings. The highest BCUT2D eigenvalue weighted by atomic mass is 35.5. The fourth-order valence-corrected chi connectivity index (χ4v) is 3.98. The average molecular weight is 427 g/mol. The molecule has 0 bridgehead atoms. The zero-order chi connectivity index (χ0) is 21.1. The van der Waals surface area contributed by atoms with E-state index in [1.165, 1.54) is 7.11 Å². The van der Waals surface area contributed by atoms with Crippen LogP contribution in [0.3, 0.4) is 0 Å². The number of benzene rings is 2. The highest BCUT2D eigenvalue weighted by Crippen LogP contribution is 2.28. The van der Waals surface area contributed by atoms with E-state index in [1.54, 1.807) is 24.3 Å². The summed E-state index contributed by atoms with van der Waals surface area (Å²) in [4.78, 5) is 34.3. The van der Waals surface area contributed by atoms with Crippen LogP contribution in [-0.2, 0) is 9.53 Å². The first kappa shape index (κ1) is 20.4. The number of nitrogens with zero attached hydrogens (tertiary/aromatic N) is 2. The second-order valence-electron chi connectivity index (χ2n) is 7.45. The van der Waals surface area contributed by atoms with Crippen molar-refractivity contribution in [3.63, 3.8) is 0 Å². The Balaban J connectivity index is 1.31. The largest absolute Gasteiger partial charge is 0.465 e. The Morgan fingerprint density at radius 2 is 2.03 bits per heavy atom. The maximum Gasteiger partial charge on any atom is 0.337 e. The molecule has 0 spiro atoms. The summed E-state index contributed by atoms with van der Waals surface area (Å²) in [6.45, 7) is 1.95. The van der Waals surface area contributed by atoms with Crippen molar-refractivity contribution in [2.45, 2.75) is 18.8 Å². The molecule has 2 aromatic carbocycles. The number of nitrogens with one attached hydrogen (secondary N) is 2. The number of likely N-dealkylation sites (tertiary alicyclic amines) is 1. The average Bonchev–Trinajstić information content (AvgIpc) is 3.17. The van der Waals surface area contributed by atoms with Gasteiger partial charge in [-0.3, -0.25) is 9.69 Å². The lowest BCUT2D eigenvalue weighted by Gasteiger charge is -2.30. The molecule has 0 unspecified atom stereocenters. The number of hydrogen-bond donors (Lipinski definition) is 2. The van der Waals surface area contributed by atoms with Crippen molar-refractivity contribution in [3.05, 3.63) is 58.9 Å². The molecule has 0 aliphatic carbocycles. The molecule has 2 heterocycles. The Morgan fingerprint density at radius 1 is 1.23 bits per heavy atom. The van der Waals surface area contributed by atoms with Crippen LogP contribution in [0.5, 0.6) is 0 Å². The molecular weight excluding hydrogens is 404 g/mol. The van der Waals surface area contributed by atoms with Crippen LogP contribution in [0.15, 0.2) is 42.5 Å². The standard InChI is InChI=1S/C22H23ClN4O3/c1-30-22(29)15-3-2-4-17(11-15)24-20(28)13-27-9-7-14(8-10-27)21-25-18-6-5-16(23)12-19(18)26-21/h2-6,11-12,14H,7-10,13H2,1H3,(H,24,28)(H,25,26). The summed E-state index contributed by atoms with van der Waals surface area (Å²) in [5.41, 5.74) is 2.86. The van der Waals surface area contributed by atoms with Gasteiger partial charge in [0, 0.05) is 16.6 Å². The van der Waals surface area contributed by atoms with Gasteiger partial charge >= 0.3 is 5.97 Å². The predicted molar refractivity (Wildman–Crippen MR) is 116 cm³/mol. The minimum Gasteiger partial charge on any atom is -0.465 e. The van der Waals surface area contributed by atoms with E-state index in [4.69, 9.17) is 21.3 Å². The van der Waals surface area contributed by atoms with Gasteiger partial charge in [0.1, 0.15) is 5.82 Å². The Labute approximate surface area is 179 Å². The first-order valence-electron chi connectivity index (χ1n) is 9.87. The molecule has 0 radical (unpaired) electrons. The zero-order valence-corrected chi connectivity index (χ0v) is 17.4. The topological polar surface area (TPSA) is 87.3 Å². The number of piperidine rings is 1. The van der Waals surface area contributed by atoms with E-state index in [-0.39, 0.29) is 5.91 Å². The second kappa shape index (κ2) is 8.85. The molecular formula is C22H23ClN4O3. The number of aromatic amines is 1. The summed E-state index contributed by atoms with van der Waals surface area (Å²) >= 11 is 6.06. The van der Waals surface area contributed by atoms with Gasteiger partial charge in [-0.05, 0) is 62.3 Å². The first-order valence-corrected chi connectivity index (χ1v) is 10.3. The third-order valence-electron chi connectivity index (χ3n) is 5.37. The molecule has 8 heteroatoms. The summed E-state index contributed by atoms with van der Waals surface area (Å²) in [6.07, 6.45) is 1.86. The van der Waals surface area contributed by atoms with Crippen molar-refractivity contribution in [3.8, 4) is 0 Å². The second-order valence-corrected chi connectivity index (χ2v) is 7.89. The number of aromatic nitrogens is 2. The lowest BCUT2D eigenvalue weighted by Crippen LogP contribution is -2.38. The van der Waals surface area contributed by atoms with Gasteiger partial charge in [-0.1, -0.05) is 17.7 Å². The van der Waals surface area contributed by atoms with Gasteiger partial charge in [0.05, 0.1) is 30.3 Å². The molecule has 1 aromatic heterocycles. The number of esters is 1. The van der Waals surface area contributed by atoms with Crippen LogP contribution in [0.25, 0.3) is 11.0 Å². The number of carbonyl (C=O) groups excluding carboxylic acids is 2. The third kappa shape index (κ3) is 4.63. The smallest absolute Gasteiger partial charge is 0.337 e. The van der Waals surface area contributed by atoms with Crippen molar-refractivity contribution < 1.29 is 14.3 Å². The number of ether oxygens (including phenoxy) is 1.